The average molecular weight is 173 g/mol. The SMILES string of the molecule is CC(C)n1ccnc1[C@H](C)Cl. The number of hydrogen-bond acceptors (Lipinski definition) is 1. The van der Waals surface area contributed by atoms with Crippen LogP contribution in [0.4, 0.5) is 0 Å². The van der Waals surface area contributed by atoms with E-state index in [4.69, 9.17) is 11.6 Å². The summed E-state index contributed by atoms with van der Waals surface area (Å²) in [5, 5.41) is -0.00704. The number of hydrogen-bond donors (Lipinski definition) is 0. The number of aromatic nitrogens is 2. The smallest absolute Gasteiger partial charge is 0.126 e. The molecule has 1 atom stereocenters. The van der Waals surface area contributed by atoms with Crippen molar-refractivity contribution in [1.29, 1.82) is 0 Å². The first kappa shape index (κ1) is 8.60. The predicted octanol–water partition coefficient (Wildman–Crippen LogP) is 2.76. The predicted molar refractivity (Wildman–Crippen MR) is 46.9 cm³/mol. The zero-order valence-electron chi connectivity index (χ0n) is 7.08. The number of imidazole rings is 1. The fourth-order valence-electron chi connectivity index (χ4n) is 1.07. The maximum Gasteiger partial charge on any atom is 0.126 e. The van der Waals surface area contributed by atoms with Crippen LogP contribution in [0.2, 0.25) is 0 Å². The van der Waals surface area contributed by atoms with Gasteiger partial charge in [0.1, 0.15) is 5.82 Å². The van der Waals surface area contributed by atoms with Crippen molar-refractivity contribution in [1.82, 2.24) is 9.55 Å². The minimum Gasteiger partial charge on any atom is -0.331 e. The van der Waals surface area contributed by atoms with Crippen LogP contribution < -0.4 is 0 Å². The first-order chi connectivity index (χ1) is 5.13. The Kier molecular flexibility index (Phi) is 2.55. The van der Waals surface area contributed by atoms with Gasteiger partial charge < -0.3 is 4.57 Å². The van der Waals surface area contributed by atoms with Crippen molar-refractivity contribution in [2.24, 2.45) is 0 Å². The summed E-state index contributed by atoms with van der Waals surface area (Å²) in [5.74, 6) is 0.946. The molecule has 1 aromatic heterocycles. The van der Waals surface area contributed by atoms with Crippen molar-refractivity contribution < 1.29 is 0 Å². The van der Waals surface area contributed by atoms with Gasteiger partial charge in [0, 0.05) is 18.4 Å². The highest BCUT2D eigenvalue weighted by Gasteiger charge is 2.09. The Morgan fingerprint density at radius 3 is 2.45 bits per heavy atom. The molecule has 62 valence electrons. The molecule has 1 aromatic rings. The van der Waals surface area contributed by atoms with Gasteiger partial charge in [0.2, 0.25) is 0 Å². The number of nitrogens with zero attached hydrogens (tertiary/aromatic N) is 2. The maximum atomic E-state index is 5.91. The first-order valence-corrected chi connectivity index (χ1v) is 4.23. The maximum absolute atomic E-state index is 5.91. The molecule has 0 N–H and O–H groups in total. The van der Waals surface area contributed by atoms with Crippen LogP contribution in [0, 0.1) is 0 Å². The van der Waals surface area contributed by atoms with Gasteiger partial charge in [0.25, 0.3) is 0 Å². The van der Waals surface area contributed by atoms with Gasteiger partial charge in [-0.2, -0.15) is 0 Å². The van der Waals surface area contributed by atoms with E-state index in [1.165, 1.54) is 0 Å². The monoisotopic (exact) mass is 172 g/mol. The summed E-state index contributed by atoms with van der Waals surface area (Å²) >= 11 is 5.91. The van der Waals surface area contributed by atoms with Crippen molar-refractivity contribution in [2.75, 3.05) is 0 Å². The normalized spacial score (nSPS) is 13.9. The van der Waals surface area contributed by atoms with Crippen LogP contribution in [-0.2, 0) is 0 Å². The van der Waals surface area contributed by atoms with Gasteiger partial charge in [0.05, 0.1) is 5.38 Å². The minimum atomic E-state index is -0.00704. The summed E-state index contributed by atoms with van der Waals surface area (Å²) in [7, 11) is 0. The average Bonchev–Trinajstić information content (AvgIpc) is 2.32. The van der Waals surface area contributed by atoms with Gasteiger partial charge in [0.15, 0.2) is 0 Å². The molecule has 0 spiro atoms. The second-order valence-corrected chi connectivity index (χ2v) is 3.56. The molecule has 0 aromatic carbocycles. The number of rotatable bonds is 2. The summed E-state index contributed by atoms with van der Waals surface area (Å²) in [4.78, 5) is 4.17. The zero-order chi connectivity index (χ0) is 8.43. The summed E-state index contributed by atoms with van der Waals surface area (Å²) in [6.07, 6.45) is 3.74. The highest BCUT2D eigenvalue weighted by atomic mass is 35.5. The van der Waals surface area contributed by atoms with Gasteiger partial charge in [-0.15, -0.1) is 11.6 Å². The van der Waals surface area contributed by atoms with Crippen molar-refractivity contribution in [2.45, 2.75) is 32.2 Å². The van der Waals surface area contributed by atoms with Crippen molar-refractivity contribution in [3.05, 3.63) is 18.2 Å². The van der Waals surface area contributed by atoms with Gasteiger partial charge in [-0.05, 0) is 20.8 Å². The van der Waals surface area contributed by atoms with E-state index in [0.717, 1.165) is 5.82 Å². The Labute approximate surface area is 72.2 Å². The van der Waals surface area contributed by atoms with Gasteiger partial charge in [-0.25, -0.2) is 4.98 Å². The molecule has 1 rings (SSSR count). The molecule has 0 unspecified atom stereocenters. The van der Waals surface area contributed by atoms with E-state index in [0.29, 0.717) is 6.04 Å². The van der Waals surface area contributed by atoms with Gasteiger partial charge in [-0.3, -0.25) is 0 Å². The second-order valence-electron chi connectivity index (χ2n) is 2.90. The van der Waals surface area contributed by atoms with Crippen LogP contribution in [0.5, 0.6) is 0 Å². The fourth-order valence-corrected chi connectivity index (χ4v) is 1.24. The molecule has 0 bridgehead atoms. The Morgan fingerprint density at radius 2 is 2.09 bits per heavy atom. The third-order valence-electron chi connectivity index (χ3n) is 1.61. The van der Waals surface area contributed by atoms with E-state index in [-0.39, 0.29) is 5.38 Å². The summed E-state index contributed by atoms with van der Waals surface area (Å²) in [6.45, 7) is 6.16. The lowest BCUT2D eigenvalue weighted by atomic mass is 10.3. The van der Waals surface area contributed by atoms with Crippen molar-refractivity contribution in [3.63, 3.8) is 0 Å². The Balaban J connectivity index is 2.96. The van der Waals surface area contributed by atoms with E-state index in [2.05, 4.69) is 23.4 Å². The molecule has 0 aliphatic heterocycles. The third-order valence-corrected chi connectivity index (χ3v) is 1.81. The third kappa shape index (κ3) is 1.74. The van der Waals surface area contributed by atoms with E-state index in [9.17, 15) is 0 Å². The van der Waals surface area contributed by atoms with Gasteiger partial charge in [-0.1, -0.05) is 0 Å². The molecule has 1 heterocycles. The molecular weight excluding hydrogens is 160 g/mol. The molecule has 3 heteroatoms. The van der Waals surface area contributed by atoms with Crippen LogP contribution in [0.15, 0.2) is 12.4 Å². The molecule has 0 aliphatic carbocycles. The highest BCUT2D eigenvalue weighted by Crippen LogP contribution is 2.20. The molecule has 0 saturated heterocycles. The lowest BCUT2D eigenvalue weighted by molar-refractivity contribution is 0.568. The lowest BCUT2D eigenvalue weighted by Gasteiger charge is -2.11. The fraction of sp³-hybridized carbons (Fsp3) is 0.625. The molecule has 0 amide bonds. The van der Waals surface area contributed by atoms with E-state index < -0.39 is 0 Å². The Morgan fingerprint density at radius 1 is 1.45 bits per heavy atom. The summed E-state index contributed by atoms with van der Waals surface area (Å²) in [5.41, 5.74) is 0. The summed E-state index contributed by atoms with van der Waals surface area (Å²) < 4.78 is 2.08. The van der Waals surface area contributed by atoms with E-state index >= 15 is 0 Å². The molecule has 11 heavy (non-hydrogen) atoms. The van der Waals surface area contributed by atoms with Crippen molar-refractivity contribution >= 4 is 11.6 Å². The minimum absolute atomic E-state index is 0.00704. The van der Waals surface area contributed by atoms with E-state index in [1.807, 2.05) is 13.1 Å². The molecular formula is C8H13ClN2. The largest absolute Gasteiger partial charge is 0.331 e. The molecule has 2 nitrogen and oxygen atoms in total. The number of halogens is 1. The highest BCUT2D eigenvalue weighted by molar-refractivity contribution is 6.20. The first-order valence-electron chi connectivity index (χ1n) is 3.79. The van der Waals surface area contributed by atoms with Gasteiger partial charge >= 0.3 is 0 Å². The Hall–Kier alpha value is -0.500. The molecule has 0 saturated carbocycles. The van der Waals surface area contributed by atoms with Crippen LogP contribution in [0.3, 0.4) is 0 Å². The van der Waals surface area contributed by atoms with Crippen LogP contribution in [0.25, 0.3) is 0 Å². The quantitative estimate of drug-likeness (QED) is 0.628. The topological polar surface area (TPSA) is 17.8 Å². The zero-order valence-corrected chi connectivity index (χ0v) is 7.84. The second kappa shape index (κ2) is 3.26. The molecule has 0 aliphatic rings. The van der Waals surface area contributed by atoms with E-state index in [1.54, 1.807) is 6.20 Å². The summed E-state index contributed by atoms with van der Waals surface area (Å²) in [6, 6.07) is 0.439. The lowest BCUT2D eigenvalue weighted by Crippen LogP contribution is -2.05. The van der Waals surface area contributed by atoms with Crippen LogP contribution >= 0.6 is 11.6 Å². The molecule has 0 fully saturated rings. The molecule has 0 radical (unpaired) electrons. The van der Waals surface area contributed by atoms with Crippen LogP contribution in [-0.4, -0.2) is 9.55 Å². The standard InChI is InChI=1S/C8H13ClN2/c1-6(2)11-5-4-10-8(11)7(3)9/h4-7H,1-3H3/t7-/m0/s1. The number of alkyl halides is 1. The van der Waals surface area contributed by atoms with Crippen LogP contribution in [0.1, 0.15) is 38.0 Å². The Bertz CT molecular complexity index is 205. The van der Waals surface area contributed by atoms with Crippen molar-refractivity contribution in [3.8, 4) is 0 Å².